The van der Waals surface area contributed by atoms with E-state index in [4.69, 9.17) is 0 Å². The second-order valence-corrected chi connectivity index (χ2v) is 13.2. The second kappa shape index (κ2) is 12.2. The molecule has 2 heteroatoms. The average molecular weight is 461 g/mol. The summed E-state index contributed by atoms with van der Waals surface area (Å²) in [5, 5.41) is 22.1. The maximum Gasteiger partial charge on any atom is 0.0571 e. The molecule has 0 radical (unpaired) electrons. The fourth-order valence-electron chi connectivity index (χ4n) is 9.21. The molecular weight excluding hydrogens is 404 g/mol. The summed E-state index contributed by atoms with van der Waals surface area (Å²) in [5.74, 6) is 4.21. The molecule has 0 aliphatic heterocycles. The topological polar surface area (TPSA) is 40.5 Å². The van der Waals surface area contributed by atoms with Crippen molar-refractivity contribution in [2.45, 2.75) is 154 Å². The third-order valence-corrected chi connectivity index (χ3v) is 11.4. The van der Waals surface area contributed by atoms with E-state index in [1.54, 1.807) is 0 Å². The van der Waals surface area contributed by atoms with Crippen LogP contribution < -0.4 is 0 Å². The Kier molecular flexibility index (Phi) is 9.65. The van der Waals surface area contributed by atoms with Gasteiger partial charge >= 0.3 is 0 Å². The monoisotopic (exact) mass is 460 g/mol. The Bertz CT molecular complexity index is 519. The zero-order valence-corrected chi connectivity index (χ0v) is 22.2. The molecular formula is C31H56O2. The minimum Gasteiger partial charge on any atom is -0.393 e. The number of hydrogen-bond donors (Lipinski definition) is 2. The van der Waals surface area contributed by atoms with Crippen LogP contribution in [-0.2, 0) is 0 Å². The molecule has 0 aromatic heterocycles. The van der Waals surface area contributed by atoms with Crippen LogP contribution in [0.5, 0.6) is 0 Å². The molecule has 2 N–H and O–H groups in total. The highest BCUT2D eigenvalue weighted by atomic mass is 16.3. The standard InChI is InChI=1S/C31H56O2/c1-3-4-11-20-31(2,25-16-18-29(32)27(21-25)23-12-7-5-8-13-23)26-17-19-30(33)28(22-26)24-14-9-6-10-15-24/h23-30,32-33H,3-22H2,1-2H3. The molecule has 0 saturated heterocycles. The van der Waals surface area contributed by atoms with Gasteiger partial charge < -0.3 is 10.2 Å². The third kappa shape index (κ3) is 6.19. The maximum atomic E-state index is 11.0. The molecule has 0 bridgehead atoms. The van der Waals surface area contributed by atoms with Crippen LogP contribution in [0.2, 0.25) is 0 Å². The smallest absolute Gasteiger partial charge is 0.0571 e. The molecule has 0 heterocycles. The minimum absolute atomic E-state index is 0.0487. The van der Waals surface area contributed by atoms with Crippen molar-refractivity contribution in [3.8, 4) is 0 Å². The van der Waals surface area contributed by atoms with Crippen LogP contribution in [0.4, 0.5) is 0 Å². The molecule has 192 valence electrons. The van der Waals surface area contributed by atoms with Gasteiger partial charge in [-0.05, 0) is 85.9 Å². The van der Waals surface area contributed by atoms with Gasteiger partial charge in [0, 0.05) is 0 Å². The van der Waals surface area contributed by atoms with E-state index in [9.17, 15) is 10.2 Å². The second-order valence-electron chi connectivity index (χ2n) is 13.2. The Balaban J connectivity index is 1.50. The summed E-state index contributed by atoms with van der Waals surface area (Å²) >= 11 is 0. The Morgan fingerprint density at radius 1 is 0.606 bits per heavy atom. The molecule has 0 aromatic rings. The van der Waals surface area contributed by atoms with Crippen LogP contribution in [0.3, 0.4) is 0 Å². The summed E-state index contributed by atoms with van der Waals surface area (Å²) in [6.45, 7) is 5.01. The van der Waals surface area contributed by atoms with E-state index in [2.05, 4.69) is 13.8 Å². The van der Waals surface area contributed by atoms with E-state index in [-0.39, 0.29) is 12.2 Å². The number of unbranched alkanes of at least 4 members (excludes halogenated alkanes) is 2. The van der Waals surface area contributed by atoms with Crippen LogP contribution in [0.25, 0.3) is 0 Å². The van der Waals surface area contributed by atoms with Gasteiger partial charge in [0.2, 0.25) is 0 Å². The van der Waals surface area contributed by atoms with Gasteiger partial charge in [-0.2, -0.15) is 0 Å². The fourth-order valence-corrected chi connectivity index (χ4v) is 9.21. The van der Waals surface area contributed by atoms with Gasteiger partial charge in [0.05, 0.1) is 12.2 Å². The largest absolute Gasteiger partial charge is 0.393 e. The first-order valence-corrected chi connectivity index (χ1v) is 15.4. The van der Waals surface area contributed by atoms with Crippen LogP contribution in [0.15, 0.2) is 0 Å². The predicted molar refractivity (Wildman–Crippen MR) is 139 cm³/mol. The van der Waals surface area contributed by atoms with Gasteiger partial charge in [-0.15, -0.1) is 0 Å². The number of hydrogen-bond acceptors (Lipinski definition) is 2. The maximum absolute atomic E-state index is 11.0. The van der Waals surface area contributed by atoms with Crippen LogP contribution in [0.1, 0.15) is 142 Å². The van der Waals surface area contributed by atoms with E-state index >= 15 is 0 Å². The van der Waals surface area contributed by atoms with Gasteiger partial charge in [-0.3, -0.25) is 0 Å². The van der Waals surface area contributed by atoms with Crippen molar-refractivity contribution in [3.05, 3.63) is 0 Å². The lowest BCUT2D eigenvalue weighted by atomic mass is 9.53. The number of aliphatic hydroxyl groups excluding tert-OH is 2. The molecule has 4 aliphatic carbocycles. The van der Waals surface area contributed by atoms with Crippen molar-refractivity contribution < 1.29 is 10.2 Å². The molecule has 4 aliphatic rings. The SMILES string of the molecule is CCCCCC(C)(C1CCC(O)C(C2CCCCC2)C1)C1CCC(O)C(C2CCCCC2)C1. The zero-order valence-electron chi connectivity index (χ0n) is 22.2. The molecule has 6 atom stereocenters. The molecule has 4 fully saturated rings. The zero-order chi connectivity index (χ0) is 23.3. The van der Waals surface area contributed by atoms with E-state index in [1.165, 1.54) is 116 Å². The first kappa shape index (κ1) is 26.0. The van der Waals surface area contributed by atoms with Gasteiger partial charge in [0.1, 0.15) is 0 Å². The van der Waals surface area contributed by atoms with Gasteiger partial charge in [-0.1, -0.05) is 97.3 Å². The van der Waals surface area contributed by atoms with E-state index in [0.29, 0.717) is 17.3 Å². The molecule has 4 saturated carbocycles. The van der Waals surface area contributed by atoms with E-state index in [1.807, 2.05) is 0 Å². The summed E-state index contributed by atoms with van der Waals surface area (Å²) < 4.78 is 0. The summed E-state index contributed by atoms with van der Waals surface area (Å²) in [4.78, 5) is 0. The average Bonchev–Trinajstić information content (AvgIpc) is 2.85. The van der Waals surface area contributed by atoms with Crippen molar-refractivity contribution in [3.63, 3.8) is 0 Å². The normalized spacial score (nSPS) is 39.3. The molecule has 0 spiro atoms. The highest BCUT2D eigenvalue weighted by molar-refractivity contribution is 4.98. The van der Waals surface area contributed by atoms with E-state index < -0.39 is 0 Å². The van der Waals surface area contributed by atoms with Crippen LogP contribution >= 0.6 is 0 Å². The first-order chi connectivity index (χ1) is 16.0. The summed E-state index contributed by atoms with van der Waals surface area (Å²) in [6.07, 6.45) is 26.2. The van der Waals surface area contributed by atoms with Gasteiger partial charge in [0.15, 0.2) is 0 Å². The molecule has 0 amide bonds. The predicted octanol–water partition coefficient (Wildman–Crippen LogP) is 8.29. The minimum atomic E-state index is -0.0487. The Morgan fingerprint density at radius 2 is 1.06 bits per heavy atom. The number of rotatable bonds is 8. The van der Waals surface area contributed by atoms with Crippen molar-refractivity contribution >= 4 is 0 Å². The highest BCUT2D eigenvalue weighted by Crippen LogP contribution is 2.56. The van der Waals surface area contributed by atoms with Gasteiger partial charge in [0.25, 0.3) is 0 Å². The van der Waals surface area contributed by atoms with Crippen molar-refractivity contribution in [1.82, 2.24) is 0 Å². The summed E-state index contributed by atoms with van der Waals surface area (Å²) in [5.41, 5.74) is 0.398. The lowest BCUT2D eigenvalue weighted by molar-refractivity contribution is -0.0751. The Morgan fingerprint density at radius 3 is 1.48 bits per heavy atom. The molecule has 4 rings (SSSR count). The van der Waals surface area contributed by atoms with E-state index in [0.717, 1.165) is 36.5 Å². The third-order valence-electron chi connectivity index (χ3n) is 11.4. The Hall–Kier alpha value is -0.0800. The van der Waals surface area contributed by atoms with Crippen LogP contribution in [-0.4, -0.2) is 22.4 Å². The van der Waals surface area contributed by atoms with Crippen molar-refractivity contribution in [2.75, 3.05) is 0 Å². The lowest BCUT2D eigenvalue weighted by Gasteiger charge is -2.53. The summed E-state index contributed by atoms with van der Waals surface area (Å²) in [7, 11) is 0. The quantitative estimate of drug-likeness (QED) is 0.358. The van der Waals surface area contributed by atoms with Crippen molar-refractivity contribution in [1.29, 1.82) is 0 Å². The molecule has 6 unspecified atom stereocenters. The molecule has 2 nitrogen and oxygen atoms in total. The first-order valence-electron chi connectivity index (χ1n) is 15.4. The summed E-state index contributed by atoms with van der Waals surface area (Å²) in [6, 6.07) is 0. The fraction of sp³-hybridized carbons (Fsp3) is 1.00. The highest BCUT2D eigenvalue weighted by Gasteiger charge is 2.48. The Labute approximate surface area is 205 Å². The van der Waals surface area contributed by atoms with Gasteiger partial charge in [-0.25, -0.2) is 0 Å². The number of aliphatic hydroxyl groups is 2. The molecule has 33 heavy (non-hydrogen) atoms. The van der Waals surface area contributed by atoms with Crippen molar-refractivity contribution in [2.24, 2.45) is 40.9 Å². The lowest BCUT2D eigenvalue weighted by Crippen LogP contribution is -2.47. The van der Waals surface area contributed by atoms with Crippen LogP contribution in [0, 0.1) is 40.9 Å². The molecule has 0 aromatic carbocycles.